The topological polar surface area (TPSA) is 9.23 Å². The minimum absolute atomic E-state index is 0.608. The molecule has 3 aromatic carbocycles. The predicted molar refractivity (Wildman–Crippen MR) is 84.2 cm³/mol. The molecule has 0 fully saturated rings. The Balaban J connectivity index is 1.87. The average Bonchev–Trinajstić information content (AvgIpc) is 2.44. The quantitative estimate of drug-likeness (QED) is 0.643. The molecular formula is C19H18O. The van der Waals surface area contributed by atoms with Gasteiger partial charge in [0.1, 0.15) is 12.4 Å². The molecule has 100 valence electrons. The van der Waals surface area contributed by atoms with Gasteiger partial charge in [0, 0.05) is 5.39 Å². The van der Waals surface area contributed by atoms with Gasteiger partial charge in [-0.2, -0.15) is 0 Å². The van der Waals surface area contributed by atoms with Crippen LogP contribution in [-0.2, 0) is 6.61 Å². The van der Waals surface area contributed by atoms with Gasteiger partial charge in [0.25, 0.3) is 0 Å². The molecule has 1 nitrogen and oxygen atoms in total. The van der Waals surface area contributed by atoms with Gasteiger partial charge in [-0.15, -0.1) is 0 Å². The van der Waals surface area contributed by atoms with Crippen molar-refractivity contribution in [1.29, 1.82) is 0 Å². The van der Waals surface area contributed by atoms with Crippen LogP contribution in [0.3, 0.4) is 0 Å². The van der Waals surface area contributed by atoms with Crippen molar-refractivity contribution in [3.05, 3.63) is 77.4 Å². The van der Waals surface area contributed by atoms with Crippen LogP contribution >= 0.6 is 0 Å². The largest absolute Gasteiger partial charge is 0.488 e. The molecule has 0 saturated heterocycles. The third-order valence-electron chi connectivity index (χ3n) is 3.43. The minimum atomic E-state index is 0.608. The summed E-state index contributed by atoms with van der Waals surface area (Å²) in [5.74, 6) is 0.947. The molecule has 0 unspecified atom stereocenters. The molecule has 0 aliphatic carbocycles. The van der Waals surface area contributed by atoms with Crippen molar-refractivity contribution < 1.29 is 4.74 Å². The van der Waals surface area contributed by atoms with E-state index in [0.717, 1.165) is 5.75 Å². The van der Waals surface area contributed by atoms with Crippen LogP contribution in [0.15, 0.2) is 60.7 Å². The standard InChI is InChI=1S/C19H18O/c1-14-10-15(2)12-16(11-14)13-20-19-9-5-7-17-6-3-4-8-18(17)19/h3-12H,13H2,1-2H3. The zero-order valence-electron chi connectivity index (χ0n) is 11.9. The van der Waals surface area contributed by atoms with E-state index in [-0.39, 0.29) is 0 Å². The molecule has 0 aliphatic heterocycles. The van der Waals surface area contributed by atoms with Crippen LogP contribution < -0.4 is 4.74 Å². The second-order valence-corrected chi connectivity index (χ2v) is 5.26. The summed E-state index contributed by atoms with van der Waals surface area (Å²) in [6.07, 6.45) is 0. The van der Waals surface area contributed by atoms with Crippen LogP contribution in [0.5, 0.6) is 5.75 Å². The van der Waals surface area contributed by atoms with Gasteiger partial charge < -0.3 is 4.74 Å². The monoisotopic (exact) mass is 262 g/mol. The Bertz CT molecular complexity index is 718. The third-order valence-corrected chi connectivity index (χ3v) is 3.43. The van der Waals surface area contributed by atoms with E-state index in [1.54, 1.807) is 0 Å². The first kappa shape index (κ1) is 12.7. The van der Waals surface area contributed by atoms with Crippen LogP contribution in [0.4, 0.5) is 0 Å². The molecule has 1 heteroatoms. The maximum Gasteiger partial charge on any atom is 0.127 e. The lowest BCUT2D eigenvalue weighted by atomic mass is 10.1. The minimum Gasteiger partial charge on any atom is -0.488 e. The van der Waals surface area contributed by atoms with Gasteiger partial charge in [-0.25, -0.2) is 0 Å². The Morgan fingerprint density at radius 1 is 0.800 bits per heavy atom. The first-order valence-corrected chi connectivity index (χ1v) is 6.90. The Morgan fingerprint density at radius 2 is 1.50 bits per heavy atom. The summed E-state index contributed by atoms with van der Waals surface area (Å²) >= 11 is 0. The highest BCUT2D eigenvalue weighted by molar-refractivity contribution is 5.88. The van der Waals surface area contributed by atoms with Crippen LogP contribution in [-0.4, -0.2) is 0 Å². The summed E-state index contributed by atoms with van der Waals surface area (Å²) in [6, 6.07) is 21.0. The average molecular weight is 262 g/mol. The highest BCUT2D eigenvalue weighted by Crippen LogP contribution is 2.26. The Kier molecular flexibility index (Phi) is 3.42. The highest BCUT2D eigenvalue weighted by atomic mass is 16.5. The molecule has 0 amide bonds. The van der Waals surface area contributed by atoms with Gasteiger partial charge in [-0.05, 0) is 30.9 Å². The lowest BCUT2D eigenvalue weighted by Crippen LogP contribution is -1.97. The Labute approximate surface area is 119 Å². The fraction of sp³-hybridized carbons (Fsp3) is 0.158. The first-order valence-electron chi connectivity index (χ1n) is 6.90. The second-order valence-electron chi connectivity index (χ2n) is 5.26. The zero-order valence-corrected chi connectivity index (χ0v) is 11.9. The molecule has 0 heterocycles. The van der Waals surface area contributed by atoms with Crippen molar-refractivity contribution in [3.63, 3.8) is 0 Å². The molecule has 20 heavy (non-hydrogen) atoms. The number of ether oxygens (including phenoxy) is 1. The Morgan fingerprint density at radius 3 is 2.30 bits per heavy atom. The van der Waals surface area contributed by atoms with E-state index in [1.807, 2.05) is 18.2 Å². The van der Waals surface area contributed by atoms with E-state index in [2.05, 4.69) is 56.3 Å². The van der Waals surface area contributed by atoms with Gasteiger partial charge in [-0.1, -0.05) is 65.7 Å². The van der Waals surface area contributed by atoms with Gasteiger partial charge in [0.15, 0.2) is 0 Å². The second kappa shape index (κ2) is 5.38. The van der Waals surface area contributed by atoms with Gasteiger partial charge in [-0.3, -0.25) is 0 Å². The lowest BCUT2D eigenvalue weighted by molar-refractivity contribution is 0.310. The Hall–Kier alpha value is -2.28. The summed E-state index contributed by atoms with van der Waals surface area (Å²) in [5.41, 5.74) is 3.78. The number of rotatable bonds is 3. The van der Waals surface area contributed by atoms with Crippen molar-refractivity contribution >= 4 is 10.8 Å². The molecule has 0 radical (unpaired) electrons. The van der Waals surface area contributed by atoms with Crippen molar-refractivity contribution in [2.45, 2.75) is 20.5 Å². The van der Waals surface area contributed by atoms with Crippen molar-refractivity contribution in [2.24, 2.45) is 0 Å². The predicted octanol–water partition coefficient (Wildman–Crippen LogP) is 5.04. The van der Waals surface area contributed by atoms with Crippen LogP contribution in [0.1, 0.15) is 16.7 Å². The maximum absolute atomic E-state index is 6.02. The van der Waals surface area contributed by atoms with E-state index < -0.39 is 0 Å². The number of hydrogen-bond donors (Lipinski definition) is 0. The fourth-order valence-electron chi connectivity index (χ4n) is 2.63. The smallest absolute Gasteiger partial charge is 0.127 e. The van der Waals surface area contributed by atoms with Crippen LogP contribution in [0.25, 0.3) is 10.8 Å². The molecule has 0 atom stereocenters. The number of hydrogen-bond acceptors (Lipinski definition) is 1. The van der Waals surface area contributed by atoms with Crippen molar-refractivity contribution in [1.82, 2.24) is 0 Å². The summed E-state index contributed by atoms with van der Waals surface area (Å²) in [4.78, 5) is 0. The van der Waals surface area contributed by atoms with E-state index in [0.29, 0.717) is 6.61 Å². The molecule has 3 aromatic rings. The molecule has 0 N–H and O–H groups in total. The van der Waals surface area contributed by atoms with E-state index in [4.69, 9.17) is 4.74 Å². The molecule has 0 bridgehead atoms. The molecule has 3 rings (SSSR count). The normalized spacial score (nSPS) is 10.7. The molecule has 0 aromatic heterocycles. The van der Waals surface area contributed by atoms with Gasteiger partial charge in [0.05, 0.1) is 0 Å². The van der Waals surface area contributed by atoms with Crippen LogP contribution in [0.2, 0.25) is 0 Å². The number of fused-ring (bicyclic) bond motifs is 1. The summed E-state index contributed by atoms with van der Waals surface area (Å²) in [5, 5.41) is 2.38. The van der Waals surface area contributed by atoms with E-state index >= 15 is 0 Å². The van der Waals surface area contributed by atoms with Crippen molar-refractivity contribution in [2.75, 3.05) is 0 Å². The molecule has 0 spiro atoms. The van der Waals surface area contributed by atoms with Gasteiger partial charge >= 0.3 is 0 Å². The number of benzene rings is 3. The molecule has 0 saturated carbocycles. The summed E-state index contributed by atoms with van der Waals surface area (Å²) in [6.45, 7) is 4.85. The third kappa shape index (κ3) is 2.67. The fourth-order valence-corrected chi connectivity index (χ4v) is 2.63. The van der Waals surface area contributed by atoms with E-state index in [9.17, 15) is 0 Å². The number of aryl methyl sites for hydroxylation is 2. The lowest BCUT2D eigenvalue weighted by Gasteiger charge is -2.10. The first-order chi connectivity index (χ1) is 9.72. The molecular weight excluding hydrogens is 244 g/mol. The highest BCUT2D eigenvalue weighted by Gasteiger charge is 2.02. The summed E-state index contributed by atoms with van der Waals surface area (Å²) in [7, 11) is 0. The zero-order chi connectivity index (χ0) is 13.9. The van der Waals surface area contributed by atoms with Crippen molar-refractivity contribution in [3.8, 4) is 5.75 Å². The SMILES string of the molecule is Cc1cc(C)cc(COc2cccc3ccccc23)c1. The van der Waals surface area contributed by atoms with Crippen LogP contribution in [0, 0.1) is 13.8 Å². The molecule has 0 aliphatic rings. The summed E-state index contributed by atoms with van der Waals surface area (Å²) < 4.78 is 6.02. The van der Waals surface area contributed by atoms with E-state index in [1.165, 1.54) is 27.5 Å². The maximum atomic E-state index is 6.02. The van der Waals surface area contributed by atoms with Gasteiger partial charge in [0.2, 0.25) is 0 Å².